The summed E-state index contributed by atoms with van der Waals surface area (Å²) in [4.78, 5) is 23.0. The van der Waals surface area contributed by atoms with Crippen molar-refractivity contribution < 1.29 is 19.4 Å². The van der Waals surface area contributed by atoms with Gasteiger partial charge in [-0.05, 0) is 37.6 Å². The third kappa shape index (κ3) is 4.09. The Balaban J connectivity index is 1.93. The molecule has 2 aromatic carbocycles. The molecule has 2 rings (SSSR count). The number of aryl methyl sites for hydroxylation is 1. The average molecular weight is 296 g/mol. The topological polar surface area (TPSA) is 79.6 Å². The van der Waals surface area contributed by atoms with Crippen LogP contribution in [0.2, 0.25) is 0 Å². The normalized spacial score (nSPS) is 10.0. The first-order valence-electron chi connectivity index (χ1n) is 6.90. The maximum absolute atomic E-state index is 11.8. The maximum atomic E-state index is 11.8. The van der Waals surface area contributed by atoms with E-state index in [2.05, 4.69) is 5.11 Å². The van der Waals surface area contributed by atoms with E-state index in [4.69, 9.17) is 10.3 Å². The Morgan fingerprint density at radius 2 is 1.77 bits per heavy atom. The van der Waals surface area contributed by atoms with Gasteiger partial charge in [0.25, 0.3) is 0 Å². The lowest BCUT2D eigenvalue weighted by molar-refractivity contribution is -0.380. The van der Waals surface area contributed by atoms with Gasteiger partial charge in [-0.25, -0.2) is 0 Å². The molecule has 22 heavy (non-hydrogen) atoms. The third-order valence-electron chi connectivity index (χ3n) is 3.23. The number of nitrogens with zero attached hydrogens (tertiary/aromatic N) is 1. The van der Waals surface area contributed by atoms with Crippen molar-refractivity contribution in [2.75, 3.05) is 0 Å². The van der Waals surface area contributed by atoms with Crippen LogP contribution in [0.5, 0.6) is 5.75 Å². The predicted molar refractivity (Wildman–Crippen MR) is 80.8 cm³/mol. The van der Waals surface area contributed by atoms with Crippen molar-refractivity contribution in [2.24, 2.45) is 0 Å². The molecule has 0 unspecified atom stereocenters. The highest BCUT2D eigenvalue weighted by Gasteiger charge is 2.09. The van der Waals surface area contributed by atoms with Crippen molar-refractivity contribution in [1.82, 2.24) is 0 Å². The molecule has 5 nitrogen and oxygen atoms in total. The summed E-state index contributed by atoms with van der Waals surface area (Å²) in [7, 11) is 0. The van der Waals surface area contributed by atoms with Gasteiger partial charge in [0.2, 0.25) is 0 Å². The number of para-hydroxylation sites is 1. The standard InChI is InChI=1S/C17H16N2O3/c1-12(20)13-6-9-15(10-7-13)22-17(21)11-8-14-4-2-3-5-16(14)19-18/h2-7,9-10,19H,8,11H2,1H3. The molecule has 0 aliphatic carbocycles. The van der Waals surface area contributed by atoms with Crippen molar-refractivity contribution in [3.63, 3.8) is 0 Å². The molecule has 0 saturated heterocycles. The molecule has 0 aliphatic heterocycles. The molecule has 0 heterocycles. The van der Waals surface area contributed by atoms with E-state index in [1.165, 1.54) is 6.92 Å². The molecule has 112 valence electrons. The summed E-state index contributed by atoms with van der Waals surface area (Å²) in [6, 6.07) is 13.6. The second-order valence-corrected chi connectivity index (χ2v) is 4.82. The quantitative estimate of drug-likeness (QED) is 0.384. The molecule has 0 aliphatic rings. The van der Waals surface area contributed by atoms with Crippen LogP contribution in [-0.4, -0.2) is 11.8 Å². The van der Waals surface area contributed by atoms with Gasteiger partial charge in [0.1, 0.15) is 5.75 Å². The molecule has 0 amide bonds. The number of Topliss-reactive ketones (excluding diaryl/α,β-unsaturated/α-hetero) is 1. The smallest absolute Gasteiger partial charge is 0.311 e. The number of rotatable bonds is 6. The zero-order chi connectivity index (χ0) is 15.9. The molecule has 0 saturated carbocycles. The van der Waals surface area contributed by atoms with Crippen molar-refractivity contribution >= 4 is 17.4 Å². The number of esters is 1. The van der Waals surface area contributed by atoms with Crippen LogP contribution in [0.1, 0.15) is 29.3 Å². The predicted octanol–water partition coefficient (Wildman–Crippen LogP) is 2.16. The highest BCUT2D eigenvalue weighted by atomic mass is 16.5. The number of carbonyl (C=O) groups is 2. The molecular formula is C17H16N2O3. The van der Waals surface area contributed by atoms with Gasteiger partial charge in [-0.1, -0.05) is 18.2 Å². The van der Waals surface area contributed by atoms with Crippen molar-refractivity contribution in [3.05, 3.63) is 65.2 Å². The van der Waals surface area contributed by atoms with E-state index in [1.54, 1.807) is 36.4 Å². The van der Waals surface area contributed by atoms with Crippen LogP contribution in [0.4, 0.5) is 5.69 Å². The second kappa shape index (κ2) is 7.26. The molecule has 0 atom stereocenters. The fourth-order valence-electron chi connectivity index (χ4n) is 2.02. The van der Waals surface area contributed by atoms with E-state index in [9.17, 15) is 9.59 Å². The highest BCUT2D eigenvalue weighted by Crippen LogP contribution is 2.15. The molecular weight excluding hydrogens is 280 g/mol. The number of carbonyl (C=O) groups excluding carboxylic acids is 2. The lowest BCUT2D eigenvalue weighted by atomic mass is 10.1. The highest BCUT2D eigenvalue weighted by molar-refractivity contribution is 5.94. The Kier molecular flexibility index (Phi) is 5.14. The van der Waals surface area contributed by atoms with Gasteiger partial charge < -0.3 is 10.3 Å². The van der Waals surface area contributed by atoms with Crippen molar-refractivity contribution in [2.45, 2.75) is 19.8 Å². The zero-order valence-electron chi connectivity index (χ0n) is 12.2. The third-order valence-corrected chi connectivity index (χ3v) is 3.23. The molecule has 0 fully saturated rings. The fraction of sp³-hybridized carbons (Fsp3) is 0.176. The number of ketones is 1. The average Bonchev–Trinajstić information content (AvgIpc) is 2.53. The molecule has 0 bridgehead atoms. The first-order chi connectivity index (χ1) is 10.6. The molecule has 0 spiro atoms. The van der Waals surface area contributed by atoms with Gasteiger partial charge in [-0.15, -0.1) is 0 Å². The number of ether oxygens (including phenoxy) is 1. The Bertz CT molecular complexity index is 693. The number of benzene rings is 2. The zero-order valence-corrected chi connectivity index (χ0v) is 12.2. The fourth-order valence-corrected chi connectivity index (χ4v) is 2.02. The lowest BCUT2D eigenvalue weighted by Gasteiger charge is -2.05. The lowest BCUT2D eigenvalue weighted by Crippen LogP contribution is -2.55. The monoisotopic (exact) mass is 296 g/mol. The Hall–Kier alpha value is -2.82. The van der Waals surface area contributed by atoms with Crippen LogP contribution in [0.15, 0.2) is 48.5 Å². The molecule has 5 heteroatoms. The van der Waals surface area contributed by atoms with Crippen LogP contribution in [-0.2, 0) is 11.2 Å². The van der Waals surface area contributed by atoms with E-state index >= 15 is 0 Å². The van der Waals surface area contributed by atoms with Gasteiger partial charge >= 0.3 is 5.97 Å². The van der Waals surface area contributed by atoms with Crippen molar-refractivity contribution in [3.8, 4) is 5.75 Å². The molecule has 2 aromatic rings. The molecule has 0 aromatic heterocycles. The summed E-state index contributed by atoms with van der Waals surface area (Å²) in [5.74, 6) is -0.00197. The largest absolute Gasteiger partial charge is 0.502 e. The minimum Gasteiger partial charge on any atom is -0.502 e. The van der Waals surface area contributed by atoms with E-state index in [1.807, 2.05) is 12.1 Å². The Morgan fingerprint density at radius 1 is 1.09 bits per heavy atom. The van der Waals surface area contributed by atoms with E-state index in [-0.39, 0.29) is 18.2 Å². The minimum absolute atomic E-state index is 0.0361. The van der Waals surface area contributed by atoms with Gasteiger partial charge in [0, 0.05) is 17.2 Å². The summed E-state index contributed by atoms with van der Waals surface area (Å²) in [5, 5.41) is 2.10. The van der Waals surface area contributed by atoms with Crippen LogP contribution >= 0.6 is 0 Å². The first-order valence-corrected chi connectivity index (χ1v) is 6.90. The van der Waals surface area contributed by atoms with Crippen molar-refractivity contribution in [1.29, 1.82) is 0 Å². The van der Waals surface area contributed by atoms with Crippen LogP contribution in [0.3, 0.4) is 0 Å². The number of nitrogens with one attached hydrogen (secondary N) is 1. The minimum atomic E-state index is -0.372. The Morgan fingerprint density at radius 3 is 2.41 bits per heavy atom. The van der Waals surface area contributed by atoms with Gasteiger partial charge in [-0.2, -0.15) is 0 Å². The van der Waals surface area contributed by atoms with Crippen LogP contribution < -0.4 is 9.85 Å². The summed E-state index contributed by atoms with van der Waals surface area (Å²) in [5.41, 5.74) is 11.0. The summed E-state index contributed by atoms with van der Waals surface area (Å²) < 4.78 is 5.21. The van der Waals surface area contributed by atoms with Gasteiger partial charge in [0.15, 0.2) is 11.5 Å². The number of hydrogen-bond acceptors (Lipinski definition) is 3. The van der Waals surface area contributed by atoms with E-state index < -0.39 is 0 Å². The van der Waals surface area contributed by atoms with Gasteiger partial charge in [0.05, 0.1) is 6.42 Å². The maximum Gasteiger partial charge on any atom is 0.311 e. The molecule has 0 radical (unpaired) electrons. The van der Waals surface area contributed by atoms with Crippen LogP contribution in [0, 0.1) is 0 Å². The number of hydrogen-bond donors (Lipinski definition) is 1. The summed E-state index contributed by atoms with van der Waals surface area (Å²) >= 11 is 0. The van der Waals surface area contributed by atoms with E-state index in [0.717, 1.165) is 5.56 Å². The summed E-state index contributed by atoms with van der Waals surface area (Å²) in [6.45, 7) is 1.48. The Labute approximate surface area is 128 Å². The molecule has 1 N–H and O–H groups in total. The van der Waals surface area contributed by atoms with E-state index in [0.29, 0.717) is 23.4 Å². The van der Waals surface area contributed by atoms with Crippen LogP contribution in [0.25, 0.3) is 5.53 Å². The SMILES string of the molecule is CC(=O)c1ccc(OC(=O)CCc2ccccc2[NH+]=[N-])cc1. The summed E-state index contributed by atoms with van der Waals surface area (Å²) in [6.07, 6.45) is 0.640. The first kappa shape index (κ1) is 15.6. The second-order valence-electron chi connectivity index (χ2n) is 4.82. The van der Waals surface area contributed by atoms with Gasteiger partial charge in [-0.3, -0.25) is 14.7 Å².